The van der Waals surface area contributed by atoms with E-state index in [2.05, 4.69) is 0 Å². The van der Waals surface area contributed by atoms with Crippen LogP contribution >= 0.6 is 11.6 Å². The first-order chi connectivity index (χ1) is 10.7. The third-order valence-electron chi connectivity index (χ3n) is 4.52. The molecule has 0 amide bonds. The predicted molar refractivity (Wildman–Crippen MR) is 88.3 cm³/mol. The maximum absolute atomic E-state index is 10.6. The normalized spacial score (nSPS) is 14.2. The van der Waals surface area contributed by atoms with E-state index >= 15 is 0 Å². The van der Waals surface area contributed by atoms with E-state index in [4.69, 9.17) is 11.6 Å². The Morgan fingerprint density at radius 1 is 0.818 bits per heavy atom. The van der Waals surface area contributed by atoms with Crippen molar-refractivity contribution in [1.29, 1.82) is 0 Å². The molecule has 1 aliphatic carbocycles. The molecule has 0 unspecified atom stereocenters. The molecule has 0 bridgehead atoms. The van der Waals surface area contributed by atoms with E-state index in [1.54, 1.807) is 10.6 Å². The minimum absolute atomic E-state index is 0.152. The van der Waals surface area contributed by atoms with E-state index in [1.807, 2.05) is 30.3 Å². The first kappa shape index (κ1) is 13.5. The Kier molecular flexibility index (Phi) is 3.05. The van der Waals surface area contributed by atoms with E-state index in [9.17, 15) is 10.2 Å². The quantitative estimate of drug-likeness (QED) is 0.691. The SMILES string of the molecule is Oc1c2c(c(O)n1-c1ccc(Cl)c3ccccc13)CCCC2. The molecule has 0 saturated carbocycles. The van der Waals surface area contributed by atoms with Gasteiger partial charge in [0.15, 0.2) is 0 Å². The highest BCUT2D eigenvalue weighted by Crippen LogP contribution is 2.42. The topological polar surface area (TPSA) is 45.4 Å². The second kappa shape index (κ2) is 4.96. The van der Waals surface area contributed by atoms with Gasteiger partial charge in [-0.1, -0.05) is 35.9 Å². The van der Waals surface area contributed by atoms with Crippen LogP contribution in [-0.4, -0.2) is 14.8 Å². The van der Waals surface area contributed by atoms with Crippen molar-refractivity contribution in [1.82, 2.24) is 4.57 Å². The maximum Gasteiger partial charge on any atom is 0.202 e. The van der Waals surface area contributed by atoms with Gasteiger partial charge in [0.2, 0.25) is 11.8 Å². The van der Waals surface area contributed by atoms with Crippen molar-refractivity contribution in [3.8, 4) is 17.4 Å². The molecule has 0 fully saturated rings. The van der Waals surface area contributed by atoms with Crippen LogP contribution in [0.3, 0.4) is 0 Å². The summed E-state index contributed by atoms with van der Waals surface area (Å²) in [6, 6.07) is 11.4. The van der Waals surface area contributed by atoms with Crippen molar-refractivity contribution < 1.29 is 10.2 Å². The van der Waals surface area contributed by atoms with Crippen LogP contribution in [0.1, 0.15) is 24.0 Å². The van der Waals surface area contributed by atoms with Gasteiger partial charge in [0.25, 0.3) is 0 Å². The van der Waals surface area contributed by atoms with Gasteiger partial charge < -0.3 is 10.2 Å². The second-order valence-corrected chi connectivity index (χ2v) is 6.17. The number of benzene rings is 2. The maximum atomic E-state index is 10.6. The molecule has 1 heterocycles. The second-order valence-electron chi connectivity index (χ2n) is 5.76. The summed E-state index contributed by atoms with van der Waals surface area (Å²) in [6.07, 6.45) is 3.72. The lowest BCUT2D eigenvalue weighted by atomic mass is 9.95. The molecular weight excluding hydrogens is 298 g/mol. The fourth-order valence-corrected chi connectivity index (χ4v) is 3.67. The number of aromatic hydroxyl groups is 2. The van der Waals surface area contributed by atoms with E-state index < -0.39 is 0 Å². The van der Waals surface area contributed by atoms with Gasteiger partial charge in [0, 0.05) is 26.9 Å². The molecule has 0 saturated heterocycles. The van der Waals surface area contributed by atoms with Crippen LogP contribution in [0.4, 0.5) is 0 Å². The lowest BCUT2D eigenvalue weighted by molar-refractivity contribution is 0.400. The molecule has 2 aromatic carbocycles. The zero-order chi connectivity index (χ0) is 15.3. The van der Waals surface area contributed by atoms with Crippen LogP contribution in [0, 0.1) is 0 Å². The van der Waals surface area contributed by atoms with Crippen LogP contribution in [0.15, 0.2) is 36.4 Å². The van der Waals surface area contributed by atoms with Gasteiger partial charge >= 0.3 is 0 Å². The minimum atomic E-state index is 0.152. The third kappa shape index (κ3) is 1.82. The standard InChI is InChI=1S/C18H16ClNO2/c19-15-9-10-16(12-6-2-1-5-11(12)15)20-17(21)13-7-3-4-8-14(13)18(20)22/h1-2,5-6,9-10,21-22H,3-4,7-8H2. The molecule has 0 aliphatic heterocycles. The average molecular weight is 314 g/mol. The highest BCUT2D eigenvalue weighted by Gasteiger charge is 2.26. The Hall–Kier alpha value is -2.13. The van der Waals surface area contributed by atoms with Crippen LogP contribution in [0.5, 0.6) is 11.8 Å². The first-order valence-electron chi connectivity index (χ1n) is 7.50. The summed E-state index contributed by atoms with van der Waals surface area (Å²) in [6.45, 7) is 0. The van der Waals surface area contributed by atoms with E-state index in [1.165, 1.54) is 0 Å². The van der Waals surface area contributed by atoms with Gasteiger partial charge in [-0.05, 0) is 37.8 Å². The Balaban J connectivity index is 2.05. The monoisotopic (exact) mass is 313 g/mol. The molecule has 0 radical (unpaired) electrons. The van der Waals surface area contributed by atoms with Crippen molar-refractivity contribution in [2.45, 2.75) is 25.7 Å². The smallest absolute Gasteiger partial charge is 0.202 e. The number of hydrogen-bond donors (Lipinski definition) is 2. The summed E-state index contributed by atoms with van der Waals surface area (Å²) in [5.41, 5.74) is 2.51. The fraction of sp³-hybridized carbons (Fsp3) is 0.222. The highest BCUT2D eigenvalue weighted by molar-refractivity contribution is 6.35. The Morgan fingerprint density at radius 2 is 1.41 bits per heavy atom. The molecule has 3 aromatic rings. The summed E-state index contributed by atoms with van der Waals surface area (Å²) < 4.78 is 1.55. The molecule has 1 aliphatic rings. The molecule has 3 nitrogen and oxygen atoms in total. The zero-order valence-corrected chi connectivity index (χ0v) is 12.8. The van der Waals surface area contributed by atoms with Crippen LogP contribution in [0.25, 0.3) is 16.5 Å². The van der Waals surface area contributed by atoms with Crippen molar-refractivity contribution in [3.05, 3.63) is 52.5 Å². The van der Waals surface area contributed by atoms with E-state index in [0.717, 1.165) is 53.3 Å². The van der Waals surface area contributed by atoms with E-state index in [0.29, 0.717) is 5.02 Å². The largest absolute Gasteiger partial charge is 0.494 e. The Bertz CT molecular complexity index is 853. The van der Waals surface area contributed by atoms with Crippen LogP contribution in [-0.2, 0) is 12.8 Å². The van der Waals surface area contributed by atoms with Crippen molar-refractivity contribution in [2.75, 3.05) is 0 Å². The molecule has 0 spiro atoms. The predicted octanol–water partition coefficient (Wildman–Crippen LogP) is 4.57. The molecule has 4 heteroatoms. The van der Waals surface area contributed by atoms with Gasteiger partial charge in [-0.3, -0.25) is 4.57 Å². The summed E-state index contributed by atoms with van der Waals surface area (Å²) >= 11 is 6.26. The van der Waals surface area contributed by atoms with Gasteiger partial charge in [-0.2, -0.15) is 0 Å². The lowest BCUT2D eigenvalue weighted by Crippen LogP contribution is -1.98. The van der Waals surface area contributed by atoms with Crippen LogP contribution in [0.2, 0.25) is 5.02 Å². The summed E-state index contributed by atoms with van der Waals surface area (Å²) in [5, 5.41) is 23.7. The minimum Gasteiger partial charge on any atom is -0.494 e. The molecule has 0 atom stereocenters. The lowest BCUT2D eigenvalue weighted by Gasteiger charge is -2.12. The average Bonchev–Trinajstić information content (AvgIpc) is 2.81. The third-order valence-corrected chi connectivity index (χ3v) is 4.85. The Labute approximate surface area is 133 Å². The van der Waals surface area contributed by atoms with Gasteiger partial charge in [0.05, 0.1) is 5.69 Å². The van der Waals surface area contributed by atoms with E-state index in [-0.39, 0.29) is 11.8 Å². The number of halogens is 1. The van der Waals surface area contributed by atoms with Crippen molar-refractivity contribution in [3.63, 3.8) is 0 Å². The Morgan fingerprint density at radius 3 is 2.05 bits per heavy atom. The number of rotatable bonds is 1. The molecule has 22 heavy (non-hydrogen) atoms. The molecule has 4 rings (SSSR count). The highest BCUT2D eigenvalue weighted by atomic mass is 35.5. The summed E-state index contributed by atoms with van der Waals surface area (Å²) in [4.78, 5) is 0. The van der Waals surface area contributed by atoms with Gasteiger partial charge in [-0.15, -0.1) is 0 Å². The number of fused-ring (bicyclic) bond motifs is 2. The van der Waals surface area contributed by atoms with Crippen LogP contribution < -0.4 is 0 Å². The zero-order valence-electron chi connectivity index (χ0n) is 12.0. The van der Waals surface area contributed by atoms with Crippen molar-refractivity contribution >= 4 is 22.4 Å². The number of aromatic nitrogens is 1. The number of nitrogens with zero attached hydrogens (tertiary/aromatic N) is 1. The van der Waals surface area contributed by atoms with Gasteiger partial charge in [0.1, 0.15) is 0 Å². The molecule has 2 N–H and O–H groups in total. The van der Waals surface area contributed by atoms with Crippen molar-refractivity contribution in [2.24, 2.45) is 0 Å². The summed E-state index contributed by atoms with van der Waals surface area (Å²) in [7, 11) is 0. The molecule has 112 valence electrons. The fourth-order valence-electron chi connectivity index (χ4n) is 3.44. The number of hydrogen-bond acceptors (Lipinski definition) is 2. The van der Waals surface area contributed by atoms with Gasteiger partial charge in [-0.25, -0.2) is 0 Å². The molecular formula is C18H16ClNO2. The first-order valence-corrected chi connectivity index (χ1v) is 7.88. The molecule has 1 aromatic heterocycles. The summed E-state index contributed by atoms with van der Waals surface area (Å²) in [5.74, 6) is 0.305.